The van der Waals surface area contributed by atoms with Gasteiger partial charge in [0.2, 0.25) is 5.91 Å². The first-order valence-corrected chi connectivity index (χ1v) is 13.7. The molecule has 4 saturated carbocycles. The van der Waals surface area contributed by atoms with Crippen LogP contribution in [0.15, 0.2) is 24.5 Å². The summed E-state index contributed by atoms with van der Waals surface area (Å²) in [5, 5.41) is 0. The molecule has 5 rings (SSSR count). The standard InChI is InChI=1S/C26H41N3OS/c1-2-3-4-10-29(25(30)24(27)19-31-18-20-5-8-28-9-6-20)11-7-26-15-21-12-22(16-26)14-23(13-21)17-26/h5-6,8-9,21-24H,2-4,7,10-19,27H2,1H3. The van der Waals surface area contributed by atoms with Gasteiger partial charge in [0.05, 0.1) is 6.04 Å². The van der Waals surface area contributed by atoms with Gasteiger partial charge in [0.15, 0.2) is 0 Å². The summed E-state index contributed by atoms with van der Waals surface area (Å²) >= 11 is 1.75. The quantitative estimate of drug-likeness (QED) is 0.447. The number of nitrogens with zero attached hydrogens (tertiary/aromatic N) is 2. The van der Waals surface area contributed by atoms with Crippen molar-refractivity contribution in [1.82, 2.24) is 9.88 Å². The van der Waals surface area contributed by atoms with Gasteiger partial charge in [-0.2, -0.15) is 11.8 Å². The number of hydrogen-bond donors (Lipinski definition) is 1. The number of carbonyl (C=O) groups excluding carboxylic acids is 1. The SMILES string of the molecule is CCCCCN(CCC12CC3CC(CC(C3)C1)C2)C(=O)C(N)CSCc1ccncc1. The third-order valence-corrected chi connectivity index (χ3v) is 9.19. The van der Waals surface area contributed by atoms with E-state index in [9.17, 15) is 4.79 Å². The molecule has 2 N–H and O–H groups in total. The van der Waals surface area contributed by atoms with Crippen molar-refractivity contribution in [3.8, 4) is 0 Å². The molecule has 1 aromatic rings. The van der Waals surface area contributed by atoms with E-state index in [2.05, 4.69) is 16.8 Å². The second-order valence-electron chi connectivity index (χ2n) is 10.7. The molecule has 5 heteroatoms. The first-order valence-electron chi connectivity index (χ1n) is 12.6. The van der Waals surface area contributed by atoms with Gasteiger partial charge in [-0.1, -0.05) is 19.8 Å². The van der Waals surface area contributed by atoms with Gasteiger partial charge in [0, 0.05) is 37.0 Å². The van der Waals surface area contributed by atoms with E-state index < -0.39 is 6.04 Å². The van der Waals surface area contributed by atoms with Crippen molar-refractivity contribution in [2.45, 2.75) is 82.9 Å². The van der Waals surface area contributed by atoms with Crippen LogP contribution in [0.4, 0.5) is 0 Å². The zero-order valence-electron chi connectivity index (χ0n) is 19.3. The Kier molecular flexibility index (Phi) is 7.97. The largest absolute Gasteiger partial charge is 0.341 e. The van der Waals surface area contributed by atoms with Gasteiger partial charge in [0.1, 0.15) is 0 Å². The second kappa shape index (κ2) is 10.7. The highest BCUT2D eigenvalue weighted by Gasteiger charge is 2.50. The minimum absolute atomic E-state index is 0.169. The van der Waals surface area contributed by atoms with Crippen LogP contribution >= 0.6 is 11.8 Å². The van der Waals surface area contributed by atoms with Crippen LogP contribution in [0.2, 0.25) is 0 Å². The molecule has 1 unspecified atom stereocenters. The number of carbonyl (C=O) groups is 1. The number of pyridine rings is 1. The highest BCUT2D eigenvalue weighted by atomic mass is 32.2. The van der Waals surface area contributed by atoms with Crippen molar-refractivity contribution >= 4 is 17.7 Å². The van der Waals surface area contributed by atoms with Crippen LogP contribution in [0.5, 0.6) is 0 Å². The van der Waals surface area contributed by atoms with Gasteiger partial charge in [0.25, 0.3) is 0 Å². The van der Waals surface area contributed by atoms with Crippen LogP contribution < -0.4 is 5.73 Å². The topological polar surface area (TPSA) is 59.2 Å². The molecule has 0 spiro atoms. The average Bonchev–Trinajstić information content (AvgIpc) is 2.75. The summed E-state index contributed by atoms with van der Waals surface area (Å²) in [6.07, 6.45) is 17.0. The molecule has 4 fully saturated rings. The van der Waals surface area contributed by atoms with Crippen LogP contribution in [-0.4, -0.2) is 40.7 Å². The molecular formula is C26H41N3OS. The van der Waals surface area contributed by atoms with E-state index in [0.717, 1.165) is 43.0 Å². The number of aromatic nitrogens is 1. The van der Waals surface area contributed by atoms with Crippen LogP contribution in [0.3, 0.4) is 0 Å². The summed E-state index contributed by atoms with van der Waals surface area (Å²) in [6, 6.07) is 3.66. The molecule has 1 atom stereocenters. The zero-order chi connectivity index (χ0) is 21.7. The van der Waals surface area contributed by atoms with Crippen molar-refractivity contribution in [2.75, 3.05) is 18.8 Å². The van der Waals surface area contributed by atoms with Gasteiger partial charge < -0.3 is 10.6 Å². The molecule has 4 nitrogen and oxygen atoms in total. The monoisotopic (exact) mass is 443 g/mol. The Morgan fingerprint density at radius 2 is 1.77 bits per heavy atom. The summed E-state index contributed by atoms with van der Waals surface area (Å²) in [7, 11) is 0. The molecule has 0 aromatic carbocycles. The van der Waals surface area contributed by atoms with Crippen LogP contribution in [0, 0.1) is 23.2 Å². The number of nitrogens with two attached hydrogens (primary N) is 1. The molecule has 4 aliphatic rings. The Labute approximate surface area is 193 Å². The van der Waals surface area contributed by atoms with Gasteiger partial charge in [-0.15, -0.1) is 0 Å². The Morgan fingerprint density at radius 3 is 2.39 bits per heavy atom. The fraction of sp³-hybridized carbons (Fsp3) is 0.769. The summed E-state index contributed by atoms with van der Waals surface area (Å²) in [4.78, 5) is 19.5. The molecule has 1 amide bonds. The Hall–Kier alpha value is -1.07. The molecule has 1 aromatic heterocycles. The molecule has 4 bridgehead atoms. The average molecular weight is 444 g/mol. The third kappa shape index (κ3) is 6.04. The van der Waals surface area contributed by atoms with Gasteiger partial charge in [-0.25, -0.2) is 0 Å². The van der Waals surface area contributed by atoms with E-state index in [1.54, 1.807) is 11.8 Å². The summed E-state index contributed by atoms with van der Waals surface area (Å²) in [6.45, 7) is 4.02. The van der Waals surface area contributed by atoms with Crippen molar-refractivity contribution in [1.29, 1.82) is 0 Å². The number of rotatable bonds is 12. The predicted molar refractivity (Wildman–Crippen MR) is 130 cm³/mol. The fourth-order valence-electron chi connectivity index (χ4n) is 6.94. The van der Waals surface area contributed by atoms with Gasteiger partial charge >= 0.3 is 0 Å². The maximum absolute atomic E-state index is 13.3. The molecule has 0 aliphatic heterocycles. The minimum atomic E-state index is -0.398. The van der Waals surface area contributed by atoms with Crippen LogP contribution in [0.1, 0.15) is 76.7 Å². The van der Waals surface area contributed by atoms with Gasteiger partial charge in [-0.05, 0) is 92.2 Å². The maximum atomic E-state index is 13.3. The number of amides is 1. The zero-order valence-corrected chi connectivity index (χ0v) is 20.1. The van der Waals surface area contributed by atoms with E-state index >= 15 is 0 Å². The van der Waals surface area contributed by atoms with Crippen molar-refractivity contribution < 1.29 is 4.79 Å². The smallest absolute Gasteiger partial charge is 0.240 e. The Morgan fingerprint density at radius 1 is 1.13 bits per heavy atom. The van der Waals surface area contributed by atoms with E-state index in [0.29, 0.717) is 11.2 Å². The van der Waals surface area contributed by atoms with Crippen molar-refractivity contribution in [2.24, 2.45) is 28.9 Å². The molecule has 0 radical (unpaired) electrons. The van der Waals surface area contributed by atoms with E-state index in [1.807, 2.05) is 24.5 Å². The Bertz CT molecular complexity index is 675. The fourth-order valence-corrected chi connectivity index (χ4v) is 7.88. The van der Waals surface area contributed by atoms with Crippen molar-refractivity contribution in [3.05, 3.63) is 30.1 Å². The lowest BCUT2D eigenvalue weighted by Crippen LogP contribution is -2.50. The molecule has 1 heterocycles. The molecule has 0 saturated heterocycles. The second-order valence-corrected chi connectivity index (χ2v) is 11.7. The van der Waals surface area contributed by atoms with Crippen LogP contribution in [-0.2, 0) is 10.5 Å². The molecule has 4 aliphatic carbocycles. The Balaban J connectivity index is 1.30. The van der Waals surface area contributed by atoms with E-state index in [4.69, 9.17) is 5.73 Å². The predicted octanol–water partition coefficient (Wildman–Crippen LogP) is 5.27. The molecule has 31 heavy (non-hydrogen) atoms. The molecule has 172 valence electrons. The van der Waals surface area contributed by atoms with Crippen LogP contribution in [0.25, 0.3) is 0 Å². The first-order chi connectivity index (χ1) is 15.1. The third-order valence-electron chi connectivity index (χ3n) is 8.05. The number of unbranched alkanes of at least 4 members (excludes halogenated alkanes) is 2. The minimum Gasteiger partial charge on any atom is -0.341 e. The number of hydrogen-bond acceptors (Lipinski definition) is 4. The molecular weight excluding hydrogens is 402 g/mol. The summed E-state index contributed by atoms with van der Waals surface area (Å²) in [5.41, 5.74) is 8.16. The highest BCUT2D eigenvalue weighted by molar-refractivity contribution is 7.98. The first kappa shape index (κ1) is 23.1. The number of thioether (sulfide) groups is 1. The summed E-state index contributed by atoms with van der Waals surface area (Å²) in [5.74, 6) is 4.66. The lowest BCUT2D eigenvalue weighted by molar-refractivity contribution is -0.133. The van der Waals surface area contributed by atoms with E-state index in [1.165, 1.54) is 63.4 Å². The lowest BCUT2D eigenvalue weighted by atomic mass is 9.49. The lowest BCUT2D eigenvalue weighted by Gasteiger charge is -2.57. The summed E-state index contributed by atoms with van der Waals surface area (Å²) < 4.78 is 0. The maximum Gasteiger partial charge on any atom is 0.240 e. The van der Waals surface area contributed by atoms with Gasteiger partial charge in [-0.3, -0.25) is 9.78 Å². The highest BCUT2D eigenvalue weighted by Crippen LogP contribution is 2.61. The van der Waals surface area contributed by atoms with E-state index in [-0.39, 0.29) is 5.91 Å². The normalized spacial score (nSPS) is 29.8. The van der Waals surface area contributed by atoms with Crippen molar-refractivity contribution in [3.63, 3.8) is 0 Å².